The van der Waals surface area contributed by atoms with Gasteiger partial charge in [-0.05, 0) is 54.6 Å². The van der Waals surface area contributed by atoms with Crippen LogP contribution in [0.2, 0.25) is 0 Å². The highest BCUT2D eigenvalue weighted by Crippen LogP contribution is 2.31. The monoisotopic (exact) mass is 325 g/mol. The van der Waals surface area contributed by atoms with Gasteiger partial charge in [0.1, 0.15) is 6.04 Å². The number of pyridine rings is 1. The fraction of sp³-hybridized carbons (Fsp3) is 0.545. The lowest BCUT2D eigenvalue weighted by Gasteiger charge is -2.21. The predicted molar refractivity (Wildman–Crippen MR) is 67.3 cm³/mol. The van der Waals surface area contributed by atoms with Crippen molar-refractivity contribution in [1.82, 2.24) is 15.6 Å². The molecule has 0 saturated carbocycles. The lowest BCUT2D eigenvalue weighted by molar-refractivity contribution is -0.158. The van der Waals surface area contributed by atoms with Crippen LogP contribution in [0.1, 0.15) is 18.2 Å². The molecule has 1 heterocycles. The molecular formula is C11H15BrF3N3. The van der Waals surface area contributed by atoms with Gasteiger partial charge in [0.2, 0.25) is 0 Å². The van der Waals surface area contributed by atoms with E-state index >= 15 is 0 Å². The quantitative estimate of drug-likeness (QED) is 0.789. The van der Waals surface area contributed by atoms with Crippen molar-refractivity contribution in [2.75, 3.05) is 20.1 Å². The van der Waals surface area contributed by atoms with Crippen molar-refractivity contribution < 1.29 is 13.2 Å². The third kappa shape index (κ3) is 4.91. The Morgan fingerprint density at radius 1 is 1.33 bits per heavy atom. The Labute approximate surface area is 112 Å². The van der Waals surface area contributed by atoms with Gasteiger partial charge in [0.15, 0.2) is 0 Å². The maximum absolute atomic E-state index is 12.9. The molecule has 0 aliphatic heterocycles. The first-order valence-electron chi connectivity index (χ1n) is 5.51. The van der Waals surface area contributed by atoms with Gasteiger partial charge in [0.25, 0.3) is 0 Å². The molecule has 102 valence electrons. The first kappa shape index (κ1) is 15.4. The highest BCUT2D eigenvalue weighted by atomic mass is 79.9. The molecule has 0 aliphatic carbocycles. The molecule has 18 heavy (non-hydrogen) atoms. The first-order chi connectivity index (χ1) is 8.45. The summed E-state index contributed by atoms with van der Waals surface area (Å²) in [6.45, 7) is 0.952. The van der Waals surface area contributed by atoms with Gasteiger partial charge >= 0.3 is 6.18 Å². The van der Waals surface area contributed by atoms with Crippen LogP contribution in [-0.4, -0.2) is 31.3 Å². The third-order valence-electron chi connectivity index (χ3n) is 2.33. The molecule has 1 atom stereocenters. The maximum atomic E-state index is 12.9. The van der Waals surface area contributed by atoms with Gasteiger partial charge in [-0.3, -0.25) is 4.98 Å². The predicted octanol–water partition coefficient (Wildman–Crippen LogP) is 2.65. The molecule has 0 fully saturated rings. The zero-order valence-corrected chi connectivity index (χ0v) is 11.5. The van der Waals surface area contributed by atoms with E-state index in [1.165, 1.54) is 12.3 Å². The van der Waals surface area contributed by atoms with Crippen molar-refractivity contribution in [3.05, 3.63) is 28.5 Å². The van der Waals surface area contributed by atoms with Crippen molar-refractivity contribution in [2.24, 2.45) is 0 Å². The van der Waals surface area contributed by atoms with Gasteiger partial charge in [0, 0.05) is 10.7 Å². The summed E-state index contributed by atoms with van der Waals surface area (Å²) < 4.78 is 39.3. The second-order valence-corrected chi connectivity index (χ2v) is 4.70. The van der Waals surface area contributed by atoms with Crippen molar-refractivity contribution in [3.63, 3.8) is 0 Å². The van der Waals surface area contributed by atoms with E-state index in [-0.39, 0.29) is 12.2 Å². The molecule has 1 rings (SSSR count). The van der Waals surface area contributed by atoms with Gasteiger partial charge in [-0.15, -0.1) is 0 Å². The van der Waals surface area contributed by atoms with E-state index in [2.05, 4.69) is 31.5 Å². The summed E-state index contributed by atoms with van der Waals surface area (Å²) in [6.07, 6.45) is -2.36. The van der Waals surface area contributed by atoms with E-state index in [1.807, 2.05) is 0 Å². The SMILES string of the molecule is CNCCCNC(c1ccc(Br)cn1)C(F)(F)F. The number of nitrogens with zero attached hydrogens (tertiary/aromatic N) is 1. The Morgan fingerprint density at radius 3 is 2.56 bits per heavy atom. The molecule has 0 bridgehead atoms. The average molecular weight is 326 g/mol. The summed E-state index contributed by atoms with van der Waals surface area (Å²) in [5.41, 5.74) is -0.0184. The van der Waals surface area contributed by atoms with Crippen LogP contribution in [0.25, 0.3) is 0 Å². The highest BCUT2D eigenvalue weighted by molar-refractivity contribution is 9.10. The maximum Gasteiger partial charge on any atom is 0.409 e. The standard InChI is InChI=1S/C11H15BrF3N3/c1-16-5-2-6-17-10(11(13,14)15)9-4-3-8(12)7-18-9/h3-4,7,10,16-17H,2,5-6H2,1H3. The van der Waals surface area contributed by atoms with Crippen LogP contribution >= 0.6 is 15.9 Å². The van der Waals surface area contributed by atoms with Crippen LogP contribution < -0.4 is 10.6 Å². The van der Waals surface area contributed by atoms with Crippen LogP contribution in [0.3, 0.4) is 0 Å². The second kappa shape index (κ2) is 7.06. The minimum atomic E-state index is -4.35. The molecule has 2 N–H and O–H groups in total. The molecule has 1 aromatic heterocycles. The third-order valence-corrected chi connectivity index (χ3v) is 2.79. The molecule has 1 aromatic rings. The molecular weight excluding hydrogens is 311 g/mol. The van der Waals surface area contributed by atoms with Crippen molar-refractivity contribution in [2.45, 2.75) is 18.6 Å². The van der Waals surface area contributed by atoms with Crippen LogP contribution in [0, 0.1) is 0 Å². The van der Waals surface area contributed by atoms with E-state index in [1.54, 1.807) is 13.1 Å². The number of alkyl halides is 3. The van der Waals surface area contributed by atoms with E-state index in [9.17, 15) is 13.2 Å². The lowest BCUT2D eigenvalue weighted by Crippen LogP contribution is -2.36. The molecule has 0 aromatic carbocycles. The zero-order chi connectivity index (χ0) is 13.6. The number of hydrogen-bond acceptors (Lipinski definition) is 3. The number of rotatable bonds is 6. The second-order valence-electron chi connectivity index (χ2n) is 3.79. The number of aromatic nitrogens is 1. The van der Waals surface area contributed by atoms with Crippen LogP contribution in [0.15, 0.2) is 22.8 Å². The topological polar surface area (TPSA) is 37.0 Å². The lowest BCUT2D eigenvalue weighted by atomic mass is 10.1. The molecule has 0 aliphatic rings. The minimum absolute atomic E-state index is 0.0184. The Morgan fingerprint density at radius 2 is 2.06 bits per heavy atom. The summed E-state index contributed by atoms with van der Waals surface area (Å²) in [5, 5.41) is 5.37. The summed E-state index contributed by atoms with van der Waals surface area (Å²) in [7, 11) is 1.76. The summed E-state index contributed by atoms with van der Waals surface area (Å²) in [5.74, 6) is 0. The van der Waals surface area contributed by atoms with E-state index in [4.69, 9.17) is 0 Å². The number of halogens is 4. The fourth-order valence-corrected chi connectivity index (χ4v) is 1.69. The largest absolute Gasteiger partial charge is 0.409 e. The molecule has 7 heteroatoms. The molecule has 0 radical (unpaired) electrons. The molecule has 0 spiro atoms. The fourth-order valence-electron chi connectivity index (χ4n) is 1.46. The average Bonchev–Trinajstić information content (AvgIpc) is 2.29. The first-order valence-corrected chi connectivity index (χ1v) is 6.30. The Bertz CT molecular complexity index is 354. The Balaban J connectivity index is 2.70. The van der Waals surface area contributed by atoms with Crippen molar-refractivity contribution in [3.8, 4) is 0 Å². The van der Waals surface area contributed by atoms with Crippen molar-refractivity contribution >= 4 is 15.9 Å². The number of hydrogen-bond donors (Lipinski definition) is 2. The van der Waals surface area contributed by atoms with Gasteiger partial charge in [-0.1, -0.05) is 0 Å². The smallest absolute Gasteiger partial charge is 0.320 e. The van der Waals surface area contributed by atoms with Crippen LogP contribution in [0.4, 0.5) is 13.2 Å². The number of nitrogens with one attached hydrogen (secondary N) is 2. The highest BCUT2D eigenvalue weighted by Gasteiger charge is 2.41. The molecule has 0 saturated heterocycles. The van der Waals surface area contributed by atoms with Crippen LogP contribution in [0.5, 0.6) is 0 Å². The van der Waals surface area contributed by atoms with Gasteiger partial charge in [-0.2, -0.15) is 13.2 Å². The Hall–Kier alpha value is -0.660. The molecule has 1 unspecified atom stereocenters. The van der Waals surface area contributed by atoms with Gasteiger partial charge < -0.3 is 10.6 Å². The minimum Gasteiger partial charge on any atom is -0.320 e. The summed E-state index contributed by atoms with van der Waals surface area (Å²) in [6, 6.07) is 1.20. The van der Waals surface area contributed by atoms with Gasteiger partial charge in [-0.25, -0.2) is 0 Å². The van der Waals surface area contributed by atoms with Crippen LogP contribution in [-0.2, 0) is 0 Å². The van der Waals surface area contributed by atoms with E-state index < -0.39 is 12.2 Å². The molecule has 3 nitrogen and oxygen atoms in total. The summed E-state index contributed by atoms with van der Waals surface area (Å²) in [4.78, 5) is 3.80. The summed E-state index contributed by atoms with van der Waals surface area (Å²) >= 11 is 3.15. The van der Waals surface area contributed by atoms with E-state index in [0.717, 1.165) is 0 Å². The normalized spacial score (nSPS) is 13.6. The zero-order valence-electron chi connectivity index (χ0n) is 9.89. The van der Waals surface area contributed by atoms with Gasteiger partial charge in [0.05, 0.1) is 5.69 Å². The van der Waals surface area contributed by atoms with Crippen molar-refractivity contribution in [1.29, 1.82) is 0 Å². The van der Waals surface area contributed by atoms with E-state index in [0.29, 0.717) is 17.4 Å². The Kier molecular flexibility index (Phi) is 6.04. The molecule has 0 amide bonds.